The summed E-state index contributed by atoms with van der Waals surface area (Å²) >= 11 is 0. The van der Waals surface area contributed by atoms with Crippen molar-refractivity contribution >= 4 is 12.0 Å². The number of piperidine rings is 1. The van der Waals surface area contributed by atoms with Crippen molar-refractivity contribution in [1.29, 1.82) is 0 Å². The SMILES string of the molecule is COCC1CCCN(c2c(F)cccc2C=O)C1. The molecule has 0 aromatic heterocycles. The number of anilines is 1. The summed E-state index contributed by atoms with van der Waals surface area (Å²) in [7, 11) is 1.68. The lowest BCUT2D eigenvalue weighted by atomic mass is 9.97. The largest absolute Gasteiger partial charge is 0.384 e. The minimum atomic E-state index is -0.322. The second kappa shape index (κ2) is 5.96. The number of carbonyl (C=O) groups excluding carboxylic acids is 1. The molecule has 1 atom stereocenters. The molecule has 1 aromatic rings. The highest BCUT2D eigenvalue weighted by Gasteiger charge is 2.23. The molecule has 98 valence electrons. The number of para-hydroxylation sites is 1. The fourth-order valence-electron chi connectivity index (χ4n) is 2.60. The first-order valence-electron chi connectivity index (χ1n) is 6.24. The van der Waals surface area contributed by atoms with E-state index in [0.29, 0.717) is 23.8 Å². The molecule has 0 saturated carbocycles. The van der Waals surface area contributed by atoms with E-state index in [0.717, 1.165) is 32.2 Å². The predicted octanol–water partition coefficient (Wildman–Crippen LogP) is 2.50. The standard InChI is InChI=1S/C14H18FNO2/c1-18-10-11-4-3-7-16(8-11)14-12(9-17)5-2-6-13(14)15/h2,5-6,9,11H,3-4,7-8,10H2,1H3. The molecule has 0 N–H and O–H groups in total. The van der Waals surface area contributed by atoms with Gasteiger partial charge in [-0.1, -0.05) is 6.07 Å². The molecule has 1 fully saturated rings. The first-order valence-corrected chi connectivity index (χ1v) is 6.24. The number of nitrogens with zero attached hydrogens (tertiary/aromatic N) is 1. The molecular weight excluding hydrogens is 233 g/mol. The number of carbonyl (C=O) groups is 1. The highest BCUT2D eigenvalue weighted by Crippen LogP contribution is 2.28. The average Bonchev–Trinajstić information content (AvgIpc) is 2.39. The van der Waals surface area contributed by atoms with Gasteiger partial charge in [0.2, 0.25) is 0 Å². The number of benzene rings is 1. The fraction of sp³-hybridized carbons (Fsp3) is 0.500. The summed E-state index contributed by atoms with van der Waals surface area (Å²) < 4.78 is 19.1. The number of ether oxygens (including phenoxy) is 1. The molecule has 1 unspecified atom stereocenters. The number of methoxy groups -OCH3 is 1. The molecule has 1 saturated heterocycles. The van der Waals surface area contributed by atoms with E-state index in [1.165, 1.54) is 6.07 Å². The lowest BCUT2D eigenvalue weighted by Crippen LogP contribution is -2.38. The Bertz CT molecular complexity index is 420. The monoisotopic (exact) mass is 251 g/mol. The Kier molecular flexibility index (Phi) is 4.31. The van der Waals surface area contributed by atoms with Gasteiger partial charge in [-0.2, -0.15) is 0 Å². The zero-order valence-corrected chi connectivity index (χ0v) is 10.6. The minimum absolute atomic E-state index is 0.322. The van der Waals surface area contributed by atoms with Gasteiger partial charge in [0.15, 0.2) is 6.29 Å². The van der Waals surface area contributed by atoms with E-state index in [1.807, 2.05) is 4.90 Å². The molecule has 0 aliphatic carbocycles. The molecule has 18 heavy (non-hydrogen) atoms. The average molecular weight is 251 g/mol. The lowest BCUT2D eigenvalue weighted by molar-refractivity contribution is 0.112. The number of halogens is 1. The summed E-state index contributed by atoms with van der Waals surface area (Å²) in [5.41, 5.74) is 0.862. The Balaban J connectivity index is 2.22. The van der Waals surface area contributed by atoms with Gasteiger partial charge in [-0.3, -0.25) is 4.79 Å². The zero-order valence-electron chi connectivity index (χ0n) is 10.6. The van der Waals surface area contributed by atoms with E-state index in [4.69, 9.17) is 4.74 Å². The zero-order chi connectivity index (χ0) is 13.0. The van der Waals surface area contributed by atoms with Crippen LogP contribution in [0, 0.1) is 11.7 Å². The molecule has 3 nitrogen and oxygen atoms in total. The molecule has 1 aliphatic heterocycles. The summed E-state index contributed by atoms with van der Waals surface area (Å²) in [5.74, 6) is 0.0838. The van der Waals surface area contributed by atoms with Gasteiger partial charge >= 0.3 is 0 Å². The third-order valence-corrected chi connectivity index (χ3v) is 3.38. The molecule has 4 heteroatoms. The molecule has 0 bridgehead atoms. The van der Waals surface area contributed by atoms with Gasteiger partial charge in [0, 0.05) is 25.8 Å². The third-order valence-electron chi connectivity index (χ3n) is 3.38. The Morgan fingerprint density at radius 2 is 2.39 bits per heavy atom. The molecule has 1 aliphatic rings. The fourth-order valence-corrected chi connectivity index (χ4v) is 2.60. The Labute approximate surface area is 107 Å². The van der Waals surface area contributed by atoms with Crippen molar-refractivity contribution in [3.05, 3.63) is 29.6 Å². The van der Waals surface area contributed by atoms with E-state index >= 15 is 0 Å². The van der Waals surface area contributed by atoms with Gasteiger partial charge < -0.3 is 9.64 Å². The molecular formula is C14H18FNO2. The number of rotatable bonds is 4. The molecule has 0 radical (unpaired) electrons. The van der Waals surface area contributed by atoms with Crippen LogP contribution in [-0.2, 0) is 4.74 Å². The summed E-state index contributed by atoms with van der Waals surface area (Å²) in [6.07, 6.45) is 2.81. The van der Waals surface area contributed by atoms with Gasteiger partial charge in [0.25, 0.3) is 0 Å². The van der Waals surface area contributed by atoms with Crippen LogP contribution in [-0.4, -0.2) is 33.1 Å². The number of hydrogen-bond donors (Lipinski definition) is 0. The molecule has 1 heterocycles. The molecule has 0 spiro atoms. The van der Waals surface area contributed by atoms with Crippen LogP contribution in [0.2, 0.25) is 0 Å². The van der Waals surface area contributed by atoms with Crippen LogP contribution in [0.4, 0.5) is 10.1 Å². The van der Waals surface area contributed by atoms with Crippen LogP contribution in [0.15, 0.2) is 18.2 Å². The van der Waals surface area contributed by atoms with Crippen molar-refractivity contribution in [3.63, 3.8) is 0 Å². The quantitative estimate of drug-likeness (QED) is 0.770. The second-order valence-electron chi connectivity index (χ2n) is 4.71. The summed E-state index contributed by atoms with van der Waals surface area (Å²) in [4.78, 5) is 13.0. The van der Waals surface area contributed by atoms with Gasteiger partial charge in [0.1, 0.15) is 5.82 Å². The van der Waals surface area contributed by atoms with Gasteiger partial charge in [-0.05, 0) is 30.9 Å². The second-order valence-corrected chi connectivity index (χ2v) is 4.71. The minimum Gasteiger partial charge on any atom is -0.384 e. The van der Waals surface area contributed by atoms with E-state index in [-0.39, 0.29) is 5.82 Å². The van der Waals surface area contributed by atoms with Crippen LogP contribution >= 0.6 is 0 Å². The molecule has 1 aromatic carbocycles. The van der Waals surface area contributed by atoms with Crippen molar-refractivity contribution in [2.45, 2.75) is 12.8 Å². The van der Waals surface area contributed by atoms with Crippen LogP contribution < -0.4 is 4.90 Å². The van der Waals surface area contributed by atoms with Gasteiger partial charge in [-0.25, -0.2) is 4.39 Å². The van der Waals surface area contributed by atoms with E-state index in [1.54, 1.807) is 19.2 Å². The maximum Gasteiger partial charge on any atom is 0.152 e. The number of aldehydes is 1. The maximum absolute atomic E-state index is 13.9. The highest BCUT2D eigenvalue weighted by atomic mass is 19.1. The van der Waals surface area contributed by atoms with Crippen molar-refractivity contribution in [3.8, 4) is 0 Å². The summed E-state index contributed by atoms with van der Waals surface area (Å²) in [6, 6.07) is 4.63. The lowest BCUT2D eigenvalue weighted by Gasteiger charge is -2.34. The third kappa shape index (κ3) is 2.70. The van der Waals surface area contributed by atoms with E-state index < -0.39 is 0 Å². The highest BCUT2D eigenvalue weighted by molar-refractivity contribution is 5.84. The van der Waals surface area contributed by atoms with Crippen molar-refractivity contribution < 1.29 is 13.9 Å². The Morgan fingerprint density at radius 3 is 3.11 bits per heavy atom. The maximum atomic E-state index is 13.9. The van der Waals surface area contributed by atoms with Crippen LogP contribution in [0.3, 0.4) is 0 Å². The van der Waals surface area contributed by atoms with Crippen molar-refractivity contribution in [1.82, 2.24) is 0 Å². The predicted molar refractivity (Wildman–Crippen MR) is 68.6 cm³/mol. The molecule has 2 rings (SSSR count). The van der Waals surface area contributed by atoms with Crippen molar-refractivity contribution in [2.75, 3.05) is 31.7 Å². The van der Waals surface area contributed by atoms with Crippen LogP contribution in [0.5, 0.6) is 0 Å². The van der Waals surface area contributed by atoms with E-state index in [2.05, 4.69) is 0 Å². The first kappa shape index (κ1) is 13.0. The first-order chi connectivity index (χ1) is 8.76. The topological polar surface area (TPSA) is 29.5 Å². The van der Waals surface area contributed by atoms with Crippen molar-refractivity contribution in [2.24, 2.45) is 5.92 Å². The summed E-state index contributed by atoms with van der Waals surface area (Å²) in [6.45, 7) is 2.22. The Morgan fingerprint density at radius 1 is 1.56 bits per heavy atom. The van der Waals surface area contributed by atoms with Gasteiger partial charge in [-0.15, -0.1) is 0 Å². The van der Waals surface area contributed by atoms with Crippen LogP contribution in [0.25, 0.3) is 0 Å². The summed E-state index contributed by atoms with van der Waals surface area (Å²) in [5, 5.41) is 0. The van der Waals surface area contributed by atoms with Gasteiger partial charge in [0.05, 0.1) is 12.3 Å². The number of hydrogen-bond acceptors (Lipinski definition) is 3. The molecule has 0 amide bonds. The normalized spacial score (nSPS) is 19.9. The van der Waals surface area contributed by atoms with E-state index in [9.17, 15) is 9.18 Å². The Hall–Kier alpha value is -1.42. The van der Waals surface area contributed by atoms with Crippen LogP contribution in [0.1, 0.15) is 23.2 Å². The smallest absolute Gasteiger partial charge is 0.152 e.